The molecule has 0 saturated carbocycles. The predicted molar refractivity (Wildman–Crippen MR) is 54.6 cm³/mol. The fourth-order valence-corrected chi connectivity index (χ4v) is 1.64. The van der Waals surface area contributed by atoms with Gasteiger partial charge in [0.2, 0.25) is 0 Å². The van der Waals surface area contributed by atoms with Crippen LogP contribution in [0.3, 0.4) is 0 Å². The van der Waals surface area contributed by atoms with Gasteiger partial charge in [0.15, 0.2) is 0 Å². The van der Waals surface area contributed by atoms with E-state index in [4.69, 9.17) is 5.11 Å². The van der Waals surface area contributed by atoms with Crippen LogP contribution in [0.15, 0.2) is 30.3 Å². The van der Waals surface area contributed by atoms with Crippen LogP contribution in [-0.4, -0.2) is 17.1 Å². The van der Waals surface area contributed by atoms with Crippen molar-refractivity contribution in [3.05, 3.63) is 30.3 Å². The van der Waals surface area contributed by atoms with Crippen molar-refractivity contribution in [3.8, 4) is 0 Å². The number of hydrogen-bond acceptors (Lipinski definition) is 2. The highest BCUT2D eigenvalue weighted by molar-refractivity contribution is 7.45. The van der Waals surface area contributed by atoms with E-state index >= 15 is 0 Å². The number of hydrogen-bond donors (Lipinski definition) is 2. The summed E-state index contributed by atoms with van der Waals surface area (Å²) in [5.74, 6) is -0.816. The number of carboxylic acids is 1. The molecule has 3 nitrogen and oxygen atoms in total. The van der Waals surface area contributed by atoms with Crippen LogP contribution in [0.5, 0.6) is 0 Å². The summed E-state index contributed by atoms with van der Waals surface area (Å²) in [6, 6.07) is 9.28. The molecule has 0 aliphatic rings. The molecule has 1 aromatic rings. The van der Waals surface area contributed by atoms with Crippen molar-refractivity contribution in [1.29, 1.82) is 0 Å². The zero-order chi connectivity index (χ0) is 9.68. The number of carbonyl (C=O) groups is 1. The molecule has 1 aromatic carbocycles. The second kappa shape index (κ2) is 4.95. The third kappa shape index (κ3) is 3.53. The molecule has 0 bridgehead atoms. The normalized spacial score (nSPS) is 13.3. The van der Waals surface area contributed by atoms with E-state index in [9.17, 15) is 4.79 Å². The van der Waals surface area contributed by atoms with E-state index in [0.717, 1.165) is 5.30 Å². The van der Waals surface area contributed by atoms with Gasteiger partial charge < -0.3 is 5.11 Å². The van der Waals surface area contributed by atoms with Crippen molar-refractivity contribution in [2.24, 2.45) is 0 Å². The van der Waals surface area contributed by atoms with Crippen LogP contribution >= 0.6 is 8.73 Å². The molecule has 1 unspecified atom stereocenters. The summed E-state index contributed by atoms with van der Waals surface area (Å²) in [5, 5.41) is 12.6. The van der Waals surface area contributed by atoms with Gasteiger partial charge in [0.25, 0.3) is 0 Å². The molecular weight excluding hydrogens is 185 g/mol. The highest BCUT2D eigenvalue weighted by atomic mass is 31.1. The summed E-state index contributed by atoms with van der Waals surface area (Å²) in [6.07, 6.45) is 0. The maximum atomic E-state index is 10.5. The second-order valence-corrected chi connectivity index (χ2v) is 3.81. The Morgan fingerprint density at radius 1 is 1.46 bits per heavy atom. The summed E-state index contributed by atoms with van der Waals surface area (Å²) in [6.45, 7) is 1.64. The highest BCUT2D eigenvalue weighted by Crippen LogP contribution is 2.05. The first-order chi connectivity index (χ1) is 6.20. The summed E-state index contributed by atoms with van der Waals surface area (Å²) < 4.78 is 0. The maximum absolute atomic E-state index is 10.5. The number of aliphatic carboxylic acids is 1. The van der Waals surface area contributed by atoms with Gasteiger partial charge in [0.1, 0.15) is 6.04 Å². The first-order valence-electron chi connectivity index (χ1n) is 3.99. The Labute approximate surface area is 79.0 Å². The summed E-state index contributed by atoms with van der Waals surface area (Å²) >= 11 is 0. The molecule has 0 radical (unpaired) electrons. The lowest BCUT2D eigenvalue weighted by atomic mass is 10.4. The minimum Gasteiger partial charge on any atom is -0.480 e. The standard InChI is InChI=1S/C9H12NO2P/c1-7(9(11)12)10-13-8-5-3-2-4-6-8/h2-7,10,13H,1H3,(H,11,12)/t7-/m0/s1. The smallest absolute Gasteiger partial charge is 0.320 e. The van der Waals surface area contributed by atoms with Gasteiger partial charge in [-0.3, -0.25) is 9.88 Å². The Morgan fingerprint density at radius 2 is 2.08 bits per heavy atom. The van der Waals surface area contributed by atoms with E-state index < -0.39 is 12.0 Å². The Bertz CT molecular complexity index is 276. The van der Waals surface area contributed by atoms with Crippen LogP contribution in [0.4, 0.5) is 0 Å². The first-order valence-corrected chi connectivity index (χ1v) is 4.99. The van der Waals surface area contributed by atoms with Crippen molar-refractivity contribution < 1.29 is 9.90 Å². The van der Waals surface area contributed by atoms with Gasteiger partial charge in [-0.05, 0) is 21.0 Å². The molecule has 0 heterocycles. The van der Waals surface area contributed by atoms with Crippen LogP contribution in [0.1, 0.15) is 6.92 Å². The van der Waals surface area contributed by atoms with Crippen molar-refractivity contribution in [1.82, 2.24) is 5.09 Å². The average molecular weight is 197 g/mol. The van der Waals surface area contributed by atoms with E-state index in [1.807, 2.05) is 30.3 Å². The van der Waals surface area contributed by atoms with E-state index in [1.165, 1.54) is 0 Å². The molecule has 2 atom stereocenters. The van der Waals surface area contributed by atoms with Gasteiger partial charge in [-0.1, -0.05) is 30.3 Å². The molecule has 0 saturated heterocycles. The molecule has 0 spiro atoms. The van der Waals surface area contributed by atoms with Crippen LogP contribution in [0, 0.1) is 0 Å². The molecule has 0 fully saturated rings. The number of benzene rings is 1. The number of carboxylic acid groups (broad SMARTS) is 1. The monoisotopic (exact) mass is 197 g/mol. The fraction of sp³-hybridized carbons (Fsp3) is 0.222. The van der Waals surface area contributed by atoms with Gasteiger partial charge in [0.05, 0.1) is 0 Å². The average Bonchev–Trinajstić information content (AvgIpc) is 2.15. The van der Waals surface area contributed by atoms with Gasteiger partial charge in [-0.25, -0.2) is 0 Å². The predicted octanol–water partition coefficient (Wildman–Crippen LogP) is 0.968. The highest BCUT2D eigenvalue weighted by Gasteiger charge is 2.08. The van der Waals surface area contributed by atoms with Crippen molar-refractivity contribution in [3.63, 3.8) is 0 Å². The third-order valence-corrected chi connectivity index (χ3v) is 2.78. The number of rotatable bonds is 4. The minimum atomic E-state index is -0.816. The fourth-order valence-electron chi connectivity index (χ4n) is 0.775. The third-order valence-electron chi connectivity index (χ3n) is 1.58. The Kier molecular flexibility index (Phi) is 3.87. The van der Waals surface area contributed by atoms with Crippen LogP contribution < -0.4 is 10.4 Å². The zero-order valence-corrected chi connectivity index (χ0v) is 8.32. The van der Waals surface area contributed by atoms with Gasteiger partial charge in [-0.15, -0.1) is 0 Å². The lowest BCUT2D eigenvalue weighted by Gasteiger charge is -2.08. The van der Waals surface area contributed by atoms with Crippen molar-refractivity contribution in [2.75, 3.05) is 0 Å². The Morgan fingerprint density at radius 3 is 2.62 bits per heavy atom. The largest absolute Gasteiger partial charge is 0.480 e. The lowest BCUT2D eigenvalue weighted by Crippen LogP contribution is -2.29. The minimum absolute atomic E-state index is 0.347. The van der Waals surface area contributed by atoms with Crippen LogP contribution in [-0.2, 0) is 4.79 Å². The number of nitrogens with one attached hydrogen (secondary N) is 1. The van der Waals surface area contributed by atoms with Crippen molar-refractivity contribution in [2.45, 2.75) is 13.0 Å². The maximum Gasteiger partial charge on any atom is 0.320 e. The van der Waals surface area contributed by atoms with Crippen molar-refractivity contribution >= 4 is 20.0 Å². The first kappa shape index (κ1) is 10.2. The lowest BCUT2D eigenvalue weighted by molar-refractivity contribution is -0.138. The summed E-state index contributed by atoms with van der Waals surface area (Å²) in [4.78, 5) is 10.5. The molecule has 0 aliphatic heterocycles. The molecule has 0 amide bonds. The molecule has 70 valence electrons. The van der Waals surface area contributed by atoms with Gasteiger partial charge >= 0.3 is 5.97 Å². The van der Waals surface area contributed by atoms with Crippen LogP contribution in [0.2, 0.25) is 0 Å². The Hall–Kier alpha value is -0.920. The molecular formula is C9H12NO2P. The van der Waals surface area contributed by atoms with E-state index in [0.29, 0.717) is 8.73 Å². The van der Waals surface area contributed by atoms with E-state index in [-0.39, 0.29) is 0 Å². The molecule has 4 heteroatoms. The second-order valence-electron chi connectivity index (χ2n) is 2.70. The molecule has 2 N–H and O–H groups in total. The summed E-state index contributed by atoms with van der Waals surface area (Å²) in [7, 11) is 0.347. The van der Waals surface area contributed by atoms with E-state index in [2.05, 4.69) is 5.09 Å². The summed E-state index contributed by atoms with van der Waals surface area (Å²) in [5.41, 5.74) is 0. The quantitative estimate of drug-likeness (QED) is 0.707. The molecule has 13 heavy (non-hydrogen) atoms. The van der Waals surface area contributed by atoms with Gasteiger partial charge in [-0.2, -0.15) is 0 Å². The van der Waals surface area contributed by atoms with E-state index in [1.54, 1.807) is 6.92 Å². The topological polar surface area (TPSA) is 49.3 Å². The SMILES string of the molecule is C[C@H](NPc1ccccc1)C(=O)O. The molecule has 0 aliphatic carbocycles. The van der Waals surface area contributed by atoms with Crippen LogP contribution in [0.25, 0.3) is 0 Å². The van der Waals surface area contributed by atoms with Gasteiger partial charge in [0, 0.05) is 0 Å². The molecule has 1 rings (SSSR count). The zero-order valence-electron chi connectivity index (χ0n) is 7.32. The Balaban J connectivity index is 2.39. The molecule has 0 aromatic heterocycles.